The molecule has 1 unspecified atom stereocenters. The number of anilines is 1. The zero-order chi connectivity index (χ0) is 14.4. The van der Waals surface area contributed by atoms with Gasteiger partial charge in [-0.3, -0.25) is 0 Å². The highest BCUT2D eigenvalue weighted by molar-refractivity contribution is 7.15. The van der Waals surface area contributed by atoms with E-state index in [-0.39, 0.29) is 0 Å². The van der Waals surface area contributed by atoms with Crippen molar-refractivity contribution < 1.29 is 4.74 Å². The average Bonchev–Trinajstić information content (AvgIpc) is 2.86. The molecule has 0 bridgehead atoms. The summed E-state index contributed by atoms with van der Waals surface area (Å²) < 4.78 is 5.06. The zero-order valence-corrected chi connectivity index (χ0v) is 13.2. The number of nitrogens with zero attached hydrogens (tertiary/aromatic N) is 2. The molecule has 1 N–H and O–H groups in total. The number of nitrogens with one attached hydrogen (secondary N) is 1. The van der Waals surface area contributed by atoms with Gasteiger partial charge in [0.2, 0.25) is 5.13 Å². The molecule has 2 rings (SSSR count). The molecule has 0 radical (unpaired) electrons. The van der Waals surface area contributed by atoms with E-state index in [1.54, 1.807) is 18.4 Å². The van der Waals surface area contributed by atoms with Crippen LogP contribution in [0.25, 0.3) is 0 Å². The lowest BCUT2D eigenvalue weighted by atomic mass is 10.2. The van der Waals surface area contributed by atoms with Gasteiger partial charge in [-0.15, -0.1) is 10.2 Å². The van der Waals surface area contributed by atoms with E-state index in [9.17, 15) is 0 Å². The fourth-order valence-corrected chi connectivity index (χ4v) is 2.75. The number of hydrogen-bond donors (Lipinski definition) is 1. The third-order valence-electron chi connectivity index (χ3n) is 2.86. The van der Waals surface area contributed by atoms with Crippen LogP contribution in [0.5, 0.6) is 0 Å². The van der Waals surface area contributed by atoms with E-state index in [0.717, 1.165) is 34.6 Å². The molecule has 0 saturated heterocycles. The van der Waals surface area contributed by atoms with E-state index >= 15 is 0 Å². The SMILES string of the molecule is COCCC(C)Nc1nnc(Cc2ccc(Cl)cc2)s1. The van der Waals surface area contributed by atoms with Crippen molar-refractivity contribution in [3.8, 4) is 0 Å². The fraction of sp³-hybridized carbons (Fsp3) is 0.429. The van der Waals surface area contributed by atoms with Crippen molar-refractivity contribution in [2.45, 2.75) is 25.8 Å². The topological polar surface area (TPSA) is 47.0 Å². The molecule has 0 fully saturated rings. The molecule has 1 atom stereocenters. The van der Waals surface area contributed by atoms with Crippen LogP contribution in [0.4, 0.5) is 5.13 Å². The molecule has 4 nitrogen and oxygen atoms in total. The Morgan fingerprint density at radius 2 is 2.05 bits per heavy atom. The minimum Gasteiger partial charge on any atom is -0.385 e. The van der Waals surface area contributed by atoms with E-state index in [1.165, 1.54) is 5.56 Å². The Hall–Kier alpha value is -1.17. The Kier molecular flexibility index (Phi) is 5.76. The first kappa shape index (κ1) is 15.2. The third-order valence-corrected chi connectivity index (χ3v) is 3.97. The molecule has 0 spiro atoms. The number of benzene rings is 1. The Labute approximate surface area is 128 Å². The van der Waals surface area contributed by atoms with E-state index < -0.39 is 0 Å². The van der Waals surface area contributed by atoms with Gasteiger partial charge in [-0.25, -0.2) is 0 Å². The van der Waals surface area contributed by atoms with Gasteiger partial charge < -0.3 is 10.1 Å². The number of ether oxygens (including phenoxy) is 1. The van der Waals surface area contributed by atoms with Crippen LogP contribution in [0.1, 0.15) is 23.9 Å². The van der Waals surface area contributed by atoms with Gasteiger partial charge in [0.15, 0.2) is 0 Å². The van der Waals surface area contributed by atoms with Crippen LogP contribution in [-0.4, -0.2) is 30.0 Å². The van der Waals surface area contributed by atoms with Gasteiger partial charge in [0.25, 0.3) is 0 Å². The van der Waals surface area contributed by atoms with Crippen LogP contribution in [0.3, 0.4) is 0 Å². The van der Waals surface area contributed by atoms with E-state index in [2.05, 4.69) is 22.4 Å². The van der Waals surface area contributed by atoms with E-state index in [0.29, 0.717) is 6.04 Å². The van der Waals surface area contributed by atoms with Crippen molar-refractivity contribution in [3.63, 3.8) is 0 Å². The molecular weight excluding hydrogens is 294 g/mol. The Balaban J connectivity index is 1.90. The predicted octanol–water partition coefficient (Wildman–Crippen LogP) is 3.62. The summed E-state index contributed by atoms with van der Waals surface area (Å²) in [4.78, 5) is 0. The molecule has 20 heavy (non-hydrogen) atoms. The lowest BCUT2D eigenvalue weighted by molar-refractivity contribution is 0.191. The normalized spacial score (nSPS) is 12.3. The van der Waals surface area contributed by atoms with Gasteiger partial charge in [0.1, 0.15) is 5.01 Å². The number of rotatable bonds is 7. The Morgan fingerprint density at radius 3 is 2.75 bits per heavy atom. The first-order valence-electron chi connectivity index (χ1n) is 6.49. The van der Waals surface area contributed by atoms with Crippen LogP contribution in [0.15, 0.2) is 24.3 Å². The smallest absolute Gasteiger partial charge is 0.205 e. The highest BCUT2D eigenvalue weighted by Crippen LogP contribution is 2.20. The highest BCUT2D eigenvalue weighted by atomic mass is 35.5. The van der Waals surface area contributed by atoms with Crippen LogP contribution in [0, 0.1) is 0 Å². The monoisotopic (exact) mass is 311 g/mol. The quantitative estimate of drug-likeness (QED) is 0.848. The van der Waals surface area contributed by atoms with Gasteiger partial charge in [-0.05, 0) is 31.0 Å². The molecule has 1 aromatic carbocycles. The second-order valence-corrected chi connectivity index (χ2v) is 6.13. The fourth-order valence-electron chi connectivity index (χ4n) is 1.74. The van der Waals surface area contributed by atoms with Crippen LogP contribution >= 0.6 is 22.9 Å². The molecule has 2 aromatic rings. The summed E-state index contributed by atoms with van der Waals surface area (Å²) in [6.45, 7) is 2.85. The molecule has 0 amide bonds. The summed E-state index contributed by atoms with van der Waals surface area (Å²) in [6, 6.07) is 8.13. The predicted molar refractivity (Wildman–Crippen MR) is 83.7 cm³/mol. The second-order valence-electron chi connectivity index (χ2n) is 4.63. The number of halogens is 1. The van der Waals surface area contributed by atoms with Crippen LogP contribution in [-0.2, 0) is 11.2 Å². The molecule has 1 heterocycles. The van der Waals surface area contributed by atoms with Gasteiger partial charge in [-0.1, -0.05) is 35.1 Å². The summed E-state index contributed by atoms with van der Waals surface area (Å²) in [7, 11) is 1.71. The first-order chi connectivity index (χ1) is 9.67. The summed E-state index contributed by atoms with van der Waals surface area (Å²) in [5, 5.41) is 14.3. The van der Waals surface area contributed by atoms with Crippen LogP contribution < -0.4 is 5.32 Å². The highest BCUT2D eigenvalue weighted by Gasteiger charge is 2.08. The minimum atomic E-state index is 0.325. The average molecular weight is 312 g/mol. The van der Waals surface area contributed by atoms with Gasteiger partial charge in [0.05, 0.1) is 0 Å². The molecule has 1 aromatic heterocycles. The third kappa shape index (κ3) is 4.74. The molecular formula is C14H18ClN3OS. The lowest BCUT2D eigenvalue weighted by Gasteiger charge is -2.10. The standard InChI is InChI=1S/C14H18ClN3OS/c1-10(7-8-19-2)16-14-18-17-13(20-14)9-11-3-5-12(15)6-4-11/h3-6,10H,7-9H2,1-2H3,(H,16,18). The van der Waals surface area contributed by atoms with Crippen molar-refractivity contribution >= 4 is 28.1 Å². The molecule has 6 heteroatoms. The molecule has 0 aliphatic rings. The summed E-state index contributed by atoms with van der Waals surface area (Å²) in [5.74, 6) is 0. The summed E-state index contributed by atoms with van der Waals surface area (Å²) >= 11 is 7.46. The van der Waals surface area contributed by atoms with E-state index in [1.807, 2.05) is 24.3 Å². The number of aromatic nitrogens is 2. The minimum absolute atomic E-state index is 0.325. The van der Waals surface area contributed by atoms with Crippen molar-refractivity contribution in [1.82, 2.24) is 10.2 Å². The summed E-state index contributed by atoms with van der Waals surface area (Å²) in [5.41, 5.74) is 1.18. The number of methoxy groups -OCH3 is 1. The van der Waals surface area contributed by atoms with Crippen molar-refractivity contribution in [2.75, 3.05) is 19.0 Å². The summed E-state index contributed by atoms with van der Waals surface area (Å²) in [6.07, 6.45) is 1.73. The van der Waals surface area contributed by atoms with Gasteiger partial charge in [0, 0.05) is 31.2 Å². The van der Waals surface area contributed by atoms with Gasteiger partial charge >= 0.3 is 0 Å². The maximum atomic E-state index is 5.87. The first-order valence-corrected chi connectivity index (χ1v) is 7.69. The molecule has 0 saturated carbocycles. The Morgan fingerprint density at radius 1 is 1.30 bits per heavy atom. The largest absolute Gasteiger partial charge is 0.385 e. The maximum Gasteiger partial charge on any atom is 0.205 e. The molecule has 0 aliphatic carbocycles. The van der Waals surface area contributed by atoms with Crippen molar-refractivity contribution in [3.05, 3.63) is 39.9 Å². The molecule has 0 aliphatic heterocycles. The maximum absolute atomic E-state index is 5.87. The number of hydrogen-bond acceptors (Lipinski definition) is 5. The van der Waals surface area contributed by atoms with Crippen molar-refractivity contribution in [2.24, 2.45) is 0 Å². The van der Waals surface area contributed by atoms with Crippen LogP contribution in [0.2, 0.25) is 5.02 Å². The Bertz CT molecular complexity index is 529. The molecule has 108 valence electrons. The lowest BCUT2D eigenvalue weighted by Crippen LogP contribution is -2.16. The van der Waals surface area contributed by atoms with Gasteiger partial charge in [-0.2, -0.15) is 0 Å². The second kappa shape index (κ2) is 7.57. The van der Waals surface area contributed by atoms with Crippen molar-refractivity contribution in [1.29, 1.82) is 0 Å². The zero-order valence-electron chi connectivity index (χ0n) is 11.6. The van der Waals surface area contributed by atoms with E-state index in [4.69, 9.17) is 16.3 Å².